The predicted molar refractivity (Wildman–Crippen MR) is 68.3 cm³/mol. The van der Waals surface area contributed by atoms with E-state index in [1.807, 2.05) is 49.2 Å². The van der Waals surface area contributed by atoms with Gasteiger partial charge < -0.3 is 14.5 Å². The normalized spacial score (nSPS) is 12.4. The molecule has 0 aliphatic carbocycles. The van der Waals surface area contributed by atoms with Gasteiger partial charge in [-0.25, -0.2) is 0 Å². The van der Waals surface area contributed by atoms with Crippen molar-refractivity contribution in [1.82, 2.24) is 10.1 Å². The van der Waals surface area contributed by atoms with Crippen LogP contribution in [-0.2, 0) is 6.42 Å². The first kappa shape index (κ1) is 12.6. The van der Waals surface area contributed by atoms with Crippen LogP contribution >= 0.6 is 0 Å². The molecule has 0 amide bonds. The molecule has 0 bridgehead atoms. The zero-order valence-electron chi connectivity index (χ0n) is 10.6. The fraction of sp³-hybridized carbons (Fsp3) is 0.385. The van der Waals surface area contributed by atoms with Crippen LogP contribution in [0.5, 0.6) is 0 Å². The van der Waals surface area contributed by atoms with E-state index in [0.29, 0.717) is 18.3 Å². The molecule has 1 N–H and O–H groups in total. The lowest BCUT2D eigenvalue weighted by Gasteiger charge is -2.09. The molecular weight excluding hydrogens is 230 g/mol. The Morgan fingerprint density at radius 1 is 1.33 bits per heavy atom. The maximum Gasteiger partial charge on any atom is 0.265 e. The molecule has 0 spiro atoms. The van der Waals surface area contributed by atoms with Crippen LogP contribution in [0, 0.1) is 0 Å². The molecule has 0 saturated carbocycles. The Hall–Kier alpha value is -1.88. The van der Waals surface area contributed by atoms with Gasteiger partial charge in [0, 0.05) is 13.6 Å². The Bertz CT molecular complexity index is 484. The van der Waals surface area contributed by atoms with E-state index in [1.165, 1.54) is 0 Å². The highest BCUT2D eigenvalue weighted by atomic mass is 16.5. The van der Waals surface area contributed by atoms with E-state index in [-0.39, 0.29) is 0 Å². The molecule has 2 rings (SSSR count). The fourth-order valence-electron chi connectivity index (χ4n) is 1.58. The van der Waals surface area contributed by atoms with Gasteiger partial charge in [-0.3, -0.25) is 0 Å². The monoisotopic (exact) mass is 247 g/mol. The van der Waals surface area contributed by atoms with Crippen LogP contribution in [0.2, 0.25) is 0 Å². The molecule has 1 heterocycles. The molecule has 0 radical (unpaired) electrons. The Balaban J connectivity index is 2.03. The van der Waals surface area contributed by atoms with Crippen molar-refractivity contribution in [3.05, 3.63) is 41.8 Å². The summed E-state index contributed by atoms with van der Waals surface area (Å²) in [5, 5.41) is 13.9. The second kappa shape index (κ2) is 5.64. The molecule has 1 atom stereocenters. The van der Waals surface area contributed by atoms with Gasteiger partial charge in [-0.05, 0) is 17.6 Å². The summed E-state index contributed by atoms with van der Waals surface area (Å²) in [5.74, 6) is 0.995. The summed E-state index contributed by atoms with van der Waals surface area (Å²) in [6.07, 6.45) is -0.291. The van der Waals surface area contributed by atoms with E-state index in [4.69, 9.17) is 4.52 Å². The van der Waals surface area contributed by atoms with Crippen molar-refractivity contribution in [2.24, 2.45) is 0 Å². The Morgan fingerprint density at radius 3 is 2.72 bits per heavy atom. The van der Waals surface area contributed by atoms with Crippen molar-refractivity contribution in [2.75, 3.05) is 18.5 Å². The molecule has 0 aliphatic rings. The number of anilines is 1. The van der Waals surface area contributed by atoms with Crippen LogP contribution in [0.4, 0.5) is 5.95 Å². The quantitative estimate of drug-likeness (QED) is 0.873. The second-order valence-electron chi connectivity index (χ2n) is 4.13. The van der Waals surface area contributed by atoms with Crippen LogP contribution in [0.1, 0.15) is 24.5 Å². The van der Waals surface area contributed by atoms with E-state index in [1.54, 1.807) is 0 Å². The predicted octanol–water partition coefficient (Wildman–Crippen LogP) is 1.80. The SMILES string of the molecule is CCN(C)c1noc(CC(O)c2ccccc2)n1. The molecule has 0 saturated heterocycles. The van der Waals surface area contributed by atoms with Gasteiger partial charge in [-0.1, -0.05) is 30.3 Å². The first-order valence-electron chi connectivity index (χ1n) is 5.97. The molecule has 1 aromatic carbocycles. The summed E-state index contributed by atoms with van der Waals surface area (Å²) in [5.41, 5.74) is 0.848. The minimum atomic E-state index is -0.619. The smallest absolute Gasteiger partial charge is 0.265 e. The molecule has 0 aliphatic heterocycles. The van der Waals surface area contributed by atoms with Crippen molar-refractivity contribution < 1.29 is 9.63 Å². The first-order chi connectivity index (χ1) is 8.70. The van der Waals surface area contributed by atoms with E-state index in [2.05, 4.69) is 10.1 Å². The third-order valence-corrected chi connectivity index (χ3v) is 2.83. The minimum absolute atomic E-state index is 0.328. The zero-order valence-corrected chi connectivity index (χ0v) is 10.6. The number of nitrogens with zero attached hydrogens (tertiary/aromatic N) is 3. The molecule has 1 unspecified atom stereocenters. The first-order valence-corrected chi connectivity index (χ1v) is 5.97. The van der Waals surface area contributed by atoms with Crippen LogP contribution in [-0.4, -0.2) is 28.8 Å². The van der Waals surface area contributed by atoms with Gasteiger partial charge in [0.05, 0.1) is 12.5 Å². The second-order valence-corrected chi connectivity index (χ2v) is 4.13. The third-order valence-electron chi connectivity index (χ3n) is 2.83. The summed E-state index contributed by atoms with van der Waals surface area (Å²) in [7, 11) is 1.89. The minimum Gasteiger partial charge on any atom is -0.388 e. The van der Waals surface area contributed by atoms with Gasteiger partial charge in [0.2, 0.25) is 5.89 Å². The maximum atomic E-state index is 10.0. The van der Waals surface area contributed by atoms with Crippen molar-refractivity contribution in [3.8, 4) is 0 Å². The van der Waals surface area contributed by atoms with Gasteiger partial charge in [-0.15, -0.1) is 0 Å². The average Bonchev–Trinajstić information content (AvgIpc) is 2.87. The lowest BCUT2D eigenvalue weighted by atomic mass is 10.1. The molecule has 5 heteroatoms. The van der Waals surface area contributed by atoms with E-state index in [0.717, 1.165) is 12.1 Å². The van der Waals surface area contributed by atoms with Gasteiger partial charge in [0.25, 0.3) is 5.95 Å². The number of rotatable bonds is 5. The Kier molecular flexibility index (Phi) is 3.94. The molecule has 5 nitrogen and oxygen atoms in total. The molecule has 96 valence electrons. The average molecular weight is 247 g/mol. The topological polar surface area (TPSA) is 62.4 Å². The van der Waals surface area contributed by atoms with Gasteiger partial charge in [-0.2, -0.15) is 4.98 Å². The number of benzene rings is 1. The lowest BCUT2D eigenvalue weighted by Crippen LogP contribution is -2.17. The fourth-order valence-corrected chi connectivity index (χ4v) is 1.58. The number of aliphatic hydroxyl groups excluding tert-OH is 1. The Labute approximate surface area is 106 Å². The lowest BCUT2D eigenvalue weighted by molar-refractivity contribution is 0.165. The highest BCUT2D eigenvalue weighted by molar-refractivity contribution is 5.25. The highest BCUT2D eigenvalue weighted by Gasteiger charge is 2.14. The van der Waals surface area contributed by atoms with Crippen LogP contribution in [0.3, 0.4) is 0 Å². The number of aromatic nitrogens is 2. The molecule has 1 aromatic heterocycles. The summed E-state index contributed by atoms with van der Waals surface area (Å²) in [6.45, 7) is 2.81. The van der Waals surface area contributed by atoms with Gasteiger partial charge in [0.15, 0.2) is 0 Å². The van der Waals surface area contributed by atoms with E-state index in [9.17, 15) is 5.11 Å². The van der Waals surface area contributed by atoms with E-state index < -0.39 is 6.10 Å². The van der Waals surface area contributed by atoms with Crippen LogP contribution < -0.4 is 4.90 Å². The van der Waals surface area contributed by atoms with Crippen molar-refractivity contribution >= 4 is 5.95 Å². The molecular formula is C13H17N3O2. The van der Waals surface area contributed by atoms with Crippen molar-refractivity contribution in [1.29, 1.82) is 0 Å². The number of aliphatic hydroxyl groups is 1. The summed E-state index contributed by atoms with van der Waals surface area (Å²) >= 11 is 0. The number of hydrogen-bond donors (Lipinski definition) is 1. The van der Waals surface area contributed by atoms with Gasteiger partial charge >= 0.3 is 0 Å². The van der Waals surface area contributed by atoms with E-state index >= 15 is 0 Å². The number of hydrogen-bond acceptors (Lipinski definition) is 5. The highest BCUT2D eigenvalue weighted by Crippen LogP contribution is 2.18. The molecule has 0 fully saturated rings. The standard InChI is InChI=1S/C13H17N3O2/c1-3-16(2)13-14-12(18-15-13)9-11(17)10-7-5-4-6-8-10/h4-8,11,17H,3,9H2,1-2H3. The largest absolute Gasteiger partial charge is 0.388 e. The summed E-state index contributed by atoms with van der Waals surface area (Å²) < 4.78 is 5.12. The Morgan fingerprint density at radius 2 is 2.06 bits per heavy atom. The molecule has 18 heavy (non-hydrogen) atoms. The van der Waals surface area contributed by atoms with Crippen molar-refractivity contribution in [2.45, 2.75) is 19.4 Å². The van der Waals surface area contributed by atoms with Crippen LogP contribution in [0.15, 0.2) is 34.9 Å². The van der Waals surface area contributed by atoms with Crippen LogP contribution in [0.25, 0.3) is 0 Å². The maximum absolute atomic E-state index is 10.0. The van der Waals surface area contributed by atoms with Gasteiger partial charge in [0.1, 0.15) is 0 Å². The third kappa shape index (κ3) is 2.87. The van der Waals surface area contributed by atoms with Crippen molar-refractivity contribution in [3.63, 3.8) is 0 Å². The zero-order chi connectivity index (χ0) is 13.0. The molecule has 2 aromatic rings. The summed E-state index contributed by atoms with van der Waals surface area (Å²) in [6, 6.07) is 9.45. The summed E-state index contributed by atoms with van der Waals surface area (Å²) in [4.78, 5) is 6.11.